The normalized spacial score (nSPS) is 11.3. The first-order valence-corrected chi connectivity index (χ1v) is 10.3. The van der Waals surface area contributed by atoms with Gasteiger partial charge >= 0.3 is 0 Å². The molecule has 0 saturated carbocycles. The topological polar surface area (TPSA) is 91.7 Å². The summed E-state index contributed by atoms with van der Waals surface area (Å²) in [5.74, 6) is -0.569. The van der Waals surface area contributed by atoms with Crippen molar-refractivity contribution in [1.29, 1.82) is 0 Å². The van der Waals surface area contributed by atoms with Crippen LogP contribution in [0.5, 0.6) is 0 Å². The number of amides is 1. The third-order valence-corrected chi connectivity index (χ3v) is 5.85. The van der Waals surface area contributed by atoms with Crippen molar-refractivity contribution in [3.05, 3.63) is 90.3 Å². The van der Waals surface area contributed by atoms with Crippen molar-refractivity contribution in [2.75, 3.05) is 10.8 Å². The van der Waals surface area contributed by atoms with Crippen molar-refractivity contribution in [2.45, 2.75) is 11.8 Å². The van der Waals surface area contributed by atoms with Gasteiger partial charge in [-0.1, -0.05) is 42.5 Å². The number of anilines is 1. The zero-order valence-corrected chi connectivity index (χ0v) is 16.6. The summed E-state index contributed by atoms with van der Waals surface area (Å²) >= 11 is 0. The van der Waals surface area contributed by atoms with Crippen molar-refractivity contribution in [3.8, 4) is 0 Å². The number of hydrogen-bond acceptors (Lipinski definition) is 5. The average Bonchev–Trinajstić information content (AvgIpc) is 2.74. The number of aromatic nitrogens is 1. The Morgan fingerprint density at radius 1 is 1.03 bits per heavy atom. The van der Waals surface area contributed by atoms with Gasteiger partial charge in [0, 0.05) is 6.20 Å². The summed E-state index contributed by atoms with van der Waals surface area (Å²) in [6.45, 7) is 1.38. The van der Waals surface area contributed by atoms with Crippen LogP contribution in [-0.2, 0) is 14.8 Å². The van der Waals surface area contributed by atoms with Crippen molar-refractivity contribution in [2.24, 2.45) is 5.10 Å². The van der Waals surface area contributed by atoms with E-state index in [2.05, 4.69) is 15.5 Å². The molecule has 0 spiro atoms. The molecule has 1 amide bonds. The molecule has 0 saturated heterocycles. The van der Waals surface area contributed by atoms with Crippen molar-refractivity contribution in [3.63, 3.8) is 0 Å². The largest absolute Gasteiger partial charge is 0.271 e. The number of rotatable bonds is 7. The fraction of sp³-hybridized carbons (Fsp3) is 0.0952. The smallest absolute Gasteiger partial charge is 0.264 e. The Bertz CT molecular complexity index is 1100. The van der Waals surface area contributed by atoms with Crippen LogP contribution in [0.2, 0.25) is 0 Å². The SMILES string of the molecule is Cc1ccccc1N(CC(=O)N/N=C\c1ccccn1)S(=O)(=O)c1ccccc1. The average molecular weight is 408 g/mol. The molecule has 3 rings (SSSR count). The number of para-hydroxylation sites is 1. The molecule has 0 radical (unpaired) electrons. The second-order valence-electron chi connectivity index (χ2n) is 6.16. The number of hydrogen-bond donors (Lipinski definition) is 1. The predicted octanol–water partition coefficient (Wildman–Crippen LogP) is 2.74. The van der Waals surface area contributed by atoms with Crippen LogP contribution in [0.15, 0.2) is 89.0 Å². The number of hydrazone groups is 1. The lowest BCUT2D eigenvalue weighted by molar-refractivity contribution is -0.119. The van der Waals surface area contributed by atoms with Crippen LogP contribution in [0.3, 0.4) is 0 Å². The van der Waals surface area contributed by atoms with Gasteiger partial charge in [0.1, 0.15) is 6.54 Å². The molecule has 0 bridgehead atoms. The number of nitrogens with one attached hydrogen (secondary N) is 1. The van der Waals surface area contributed by atoms with Gasteiger partial charge in [0.25, 0.3) is 15.9 Å². The quantitative estimate of drug-likeness (QED) is 0.481. The maximum atomic E-state index is 13.2. The van der Waals surface area contributed by atoms with Gasteiger partial charge in [-0.2, -0.15) is 5.10 Å². The standard InChI is InChI=1S/C21H20N4O3S/c1-17-9-5-6-13-20(17)25(29(27,28)19-11-3-2-4-12-19)16-21(26)24-23-15-18-10-7-8-14-22-18/h2-15H,16H2,1H3,(H,24,26)/b23-15-. The number of nitrogens with zero attached hydrogens (tertiary/aromatic N) is 3. The maximum absolute atomic E-state index is 13.2. The van der Waals surface area contributed by atoms with E-state index in [1.807, 2.05) is 6.07 Å². The zero-order chi connectivity index (χ0) is 20.7. The number of sulfonamides is 1. The number of pyridine rings is 1. The molecule has 1 heterocycles. The lowest BCUT2D eigenvalue weighted by Crippen LogP contribution is -2.40. The first-order chi connectivity index (χ1) is 14.0. The highest BCUT2D eigenvalue weighted by Gasteiger charge is 2.27. The Balaban J connectivity index is 1.85. The zero-order valence-electron chi connectivity index (χ0n) is 15.8. The van der Waals surface area contributed by atoms with E-state index in [0.29, 0.717) is 11.4 Å². The third-order valence-electron chi connectivity index (χ3n) is 4.08. The molecule has 0 aliphatic rings. The fourth-order valence-corrected chi connectivity index (χ4v) is 4.16. The fourth-order valence-electron chi connectivity index (χ4n) is 2.65. The molecular formula is C21H20N4O3S. The van der Waals surface area contributed by atoms with Gasteiger partial charge in [0.15, 0.2) is 0 Å². The van der Waals surface area contributed by atoms with Crippen LogP contribution < -0.4 is 9.73 Å². The summed E-state index contributed by atoms with van der Waals surface area (Å²) in [6, 6.07) is 20.3. The van der Waals surface area contributed by atoms with E-state index < -0.39 is 22.5 Å². The first-order valence-electron chi connectivity index (χ1n) is 8.85. The van der Waals surface area contributed by atoms with E-state index in [9.17, 15) is 13.2 Å². The molecule has 8 heteroatoms. The summed E-state index contributed by atoms with van der Waals surface area (Å²) < 4.78 is 27.5. The third kappa shape index (κ3) is 5.05. The first kappa shape index (κ1) is 20.2. The van der Waals surface area contributed by atoms with E-state index in [4.69, 9.17) is 0 Å². The molecule has 1 aromatic heterocycles. The van der Waals surface area contributed by atoms with Gasteiger partial charge in [0.05, 0.1) is 22.5 Å². The van der Waals surface area contributed by atoms with Gasteiger partial charge in [-0.3, -0.25) is 14.1 Å². The number of benzene rings is 2. The minimum Gasteiger partial charge on any atom is -0.271 e. The van der Waals surface area contributed by atoms with E-state index in [1.54, 1.807) is 67.7 Å². The molecule has 0 fully saturated rings. The summed E-state index contributed by atoms with van der Waals surface area (Å²) in [7, 11) is -3.94. The molecule has 0 atom stereocenters. The monoisotopic (exact) mass is 408 g/mol. The number of carbonyl (C=O) groups excluding carboxylic acids is 1. The lowest BCUT2D eigenvalue weighted by Gasteiger charge is -2.25. The molecule has 148 valence electrons. The van der Waals surface area contributed by atoms with Gasteiger partial charge in [-0.05, 0) is 42.8 Å². The maximum Gasteiger partial charge on any atom is 0.264 e. The lowest BCUT2D eigenvalue weighted by atomic mass is 10.2. The molecule has 0 aliphatic carbocycles. The van der Waals surface area contributed by atoms with Crippen LogP contribution in [-0.4, -0.2) is 32.1 Å². The van der Waals surface area contributed by atoms with E-state index in [1.165, 1.54) is 18.3 Å². The molecule has 2 aromatic carbocycles. The van der Waals surface area contributed by atoms with Crippen LogP contribution in [0.4, 0.5) is 5.69 Å². The summed E-state index contributed by atoms with van der Waals surface area (Å²) in [4.78, 5) is 16.6. The van der Waals surface area contributed by atoms with Crippen LogP contribution >= 0.6 is 0 Å². The Morgan fingerprint density at radius 2 is 1.72 bits per heavy atom. The molecule has 0 aliphatic heterocycles. The Hall–Kier alpha value is -3.52. The highest BCUT2D eigenvalue weighted by atomic mass is 32.2. The van der Waals surface area contributed by atoms with Crippen LogP contribution in [0, 0.1) is 6.92 Å². The molecule has 1 N–H and O–H groups in total. The summed E-state index contributed by atoms with van der Waals surface area (Å²) in [6.07, 6.45) is 3.00. The van der Waals surface area contributed by atoms with Crippen molar-refractivity contribution >= 4 is 27.8 Å². The minimum absolute atomic E-state index is 0.105. The van der Waals surface area contributed by atoms with E-state index in [-0.39, 0.29) is 4.90 Å². The predicted molar refractivity (Wildman–Crippen MR) is 112 cm³/mol. The number of carbonyl (C=O) groups is 1. The van der Waals surface area contributed by atoms with Gasteiger partial charge in [-0.25, -0.2) is 13.8 Å². The van der Waals surface area contributed by atoms with Crippen LogP contribution in [0.1, 0.15) is 11.3 Å². The van der Waals surface area contributed by atoms with Gasteiger partial charge in [0.2, 0.25) is 0 Å². The van der Waals surface area contributed by atoms with E-state index >= 15 is 0 Å². The Morgan fingerprint density at radius 3 is 2.41 bits per heavy atom. The summed E-state index contributed by atoms with van der Waals surface area (Å²) in [5, 5.41) is 3.86. The molecular weight excluding hydrogens is 388 g/mol. The van der Waals surface area contributed by atoms with Crippen molar-refractivity contribution < 1.29 is 13.2 Å². The molecule has 29 heavy (non-hydrogen) atoms. The molecule has 3 aromatic rings. The minimum atomic E-state index is -3.94. The molecule has 0 unspecified atom stereocenters. The Kier molecular flexibility index (Phi) is 6.36. The highest BCUT2D eigenvalue weighted by molar-refractivity contribution is 7.92. The van der Waals surface area contributed by atoms with Gasteiger partial charge < -0.3 is 0 Å². The van der Waals surface area contributed by atoms with E-state index in [0.717, 1.165) is 9.87 Å². The molecule has 7 nitrogen and oxygen atoms in total. The second-order valence-corrected chi connectivity index (χ2v) is 8.02. The highest BCUT2D eigenvalue weighted by Crippen LogP contribution is 2.26. The number of aryl methyl sites for hydroxylation is 1. The summed E-state index contributed by atoms with van der Waals surface area (Å²) in [5.41, 5.74) is 4.09. The van der Waals surface area contributed by atoms with Crippen molar-refractivity contribution in [1.82, 2.24) is 10.4 Å². The van der Waals surface area contributed by atoms with Crippen LogP contribution in [0.25, 0.3) is 0 Å². The second kappa shape index (κ2) is 9.11. The van der Waals surface area contributed by atoms with Gasteiger partial charge in [-0.15, -0.1) is 0 Å². The Labute approximate surface area is 169 Å².